The van der Waals surface area contributed by atoms with Gasteiger partial charge in [-0.2, -0.15) is 0 Å². The second-order valence-corrected chi connectivity index (χ2v) is 7.00. The van der Waals surface area contributed by atoms with Crippen LogP contribution in [0.3, 0.4) is 0 Å². The molecule has 0 radical (unpaired) electrons. The number of amides is 1. The quantitative estimate of drug-likeness (QED) is 0.459. The van der Waals surface area contributed by atoms with Gasteiger partial charge in [0.15, 0.2) is 0 Å². The second-order valence-electron chi connectivity index (χ2n) is 5.76. The van der Waals surface area contributed by atoms with Gasteiger partial charge < -0.3 is 5.32 Å². The Labute approximate surface area is 164 Å². The standard InChI is InChI=1S/C19H17IN4O2/c1-12-18(11-21-15-4-3-5-16(10-15)22-13(2)25)19(26)24(23-12)17-8-6-14(20)7-9-17/h3-11,23H,1-2H3,(H,22,25). The normalized spacial score (nSPS) is 11.0. The molecule has 0 aliphatic carbocycles. The molecule has 0 atom stereocenters. The third kappa shape index (κ3) is 4.10. The van der Waals surface area contributed by atoms with Crippen molar-refractivity contribution < 1.29 is 4.79 Å². The van der Waals surface area contributed by atoms with Crippen LogP contribution in [0, 0.1) is 10.5 Å². The Morgan fingerprint density at radius 3 is 2.65 bits per heavy atom. The summed E-state index contributed by atoms with van der Waals surface area (Å²) in [6.45, 7) is 3.28. The number of carbonyl (C=O) groups excluding carboxylic acids is 1. The summed E-state index contributed by atoms with van der Waals surface area (Å²) in [7, 11) is 0. The van der Waals surface area contributed by atoms with Gasteiger partial charge in [-0.3, -0.25) is 19.7 Å². The topological polar surface area (TPSA) is 79.2 Å². The van der Waals surface area contributed by atoms with E-state index in [4.69, 9.17) is 0 Å². The van der Waals surface area contributed by atoms with Gasteiger partial charge >= 0.3 is 0 Å². The molecule has 2 aromatic carbocycles. The summed E-state index contributed by atoms with van der Waals surface area (Å²) in [5.74, 6) is -0.145. The van der Waals surface area contributed by atoms with E-state index in [1.54, 1.807) is 24.4 Å². The third-order valence-electron chi connectivity index (χ3n) is 3.71. The molecule has 1 aromatic heterocycles. The summed E-state index contributed by atoms with van der Waals surface area (Å²) < 4.78 is 2.60. The predicted molar refractivity (Wildman–Crippen MR) is 112 cm³/mol. The second kappa shape index (κ2) is 7.69. The highest BCUT2D eigenvalue weighted by atomic mass is 127. The Morgan fingerprint density at radius 1 is 1.23 bits per heavy atom. The molecule has 132 valence electrons. The summed E-state index contributed by atoms with van der Waals surface area (Å²) in [6.07, 6.45) is 1.55. The van der Waals surface area contributed by atoms with Gasteiger partial charge in [-0.15, -0.1) is 0 Å². The number of rotatable bonds is 4. The minimum Gasteiger partial charge on any atom is -0.326 e. The number of carbonyl (C=O) groups is 1. The largest absolute Gasteiger partial charge is 0.326 e. The van der Waals surface area contributed by atoms with Crippen molar-refractivity contribution in [2.24, 2.45) is 4.99 Å². The van der Waals surface area contributed by atoms with Crippen molar-refractivity contribution in [3.05, 3.63) is 73.7 Å². The van der Waals surface area contributed by atoms with Crippen molar-refractivity contribution >= 4 is 46.1 Å². The first-order valence-corrected chi connectivity index (χ1v) is 9.01. The van der Waals surface area contributed by atoms with Gasteiger partial charge in [0.05, 0.1) is 16.9 Å². The lowest BCUT2D eigenvalue weighted by Crippen LogP contribution is -2.17. The molecule has 0 fully saturated rings. The molecule has 0 saturated heterocycles. The molecule has 1 heterocycles. The third-order valence-corrected chi connectivity index (χ3v) is 4.43. The highest BCUT2D eigenvalue weighted by molar-refractivity contribution is 14.1. The number of halogens is 1. The number of nitrogens with zero attached hydrogens (tertiary/aromatic N) is 2. The molecule has 0 bridgehead atoms. The van der Waals surface area contributed by atoms with Gasteiger partial charge in [-0.1, -0.05) is 6.07 Å². The Hall–Kier alpha value is -2.68. The first-order chi connectivity index (χ1) is 12.4. The van der Waals surface area contributed by atoms with Crippen LogP contribution in [-0.2, 0) is 4.79 Å². The number of aromatic nitrogens is 2. The molecule has 3 aromatic rings. The van der Waals surface area contributed by atoms with Crippen LogP contribution in [0.25, 0.3) is 5.69 Å². The van der Waals surface area contributed by atoms with E-state index < -0.39 is 0 Å². The molecule has 26 heavy (non-hydrogen) atoms. The van der Waals surface area contributed by atoms with E-state index in [2.05, 4.69) is 38.0 Å². The van der Waals surface area contributed by atoms with Crippen molar-refractivity contribution in [1.29, 1.82) is 0 Å². The van der Waals surface area contributed by atoms with Crippen LogP contribution in [0.4, 0.5) is 11.4 Å². The van der Waals surface area contributed by atoms with Crippen molar-refractivity contribution in [1.82, 2.24) is 9.78 Å². The monoisotopic (exact) mass is 460 g/mol. The van der Waals surface area contributed by atoms with E-state index in [-0.39, 0.29) is 11.5 Å². The molecule has 3 rings (SSSR count). The number of benzene rings is 2. The van der Waals surface area contributed by atoms with Gasteiger partial charge in [0.25, 0.3) is 5.56 Å². The highest BCUT2D eigenvalue weighted by Crippen LogP contribution is 2.18. The van der Waals surface area contributed by atoms with Gasteiger partial charge in [-0.25, -0.2) is 4.68 Å². The molecule has 2 N–H and O–H groups in total. The van der Waals surface area contributed by atoms with Crippen molar-refractivity contribution in [3.8, 4) is 5.69 Å². The van der Waals surface area contributed by atoms with Crippen LogP contribution >= 0.6 is 22.6 Å². The molecule has 0 aliphatic rings. The van der Waals surface area contributed by atoms with Crippen molar-refractivity contribution in [2.45, 2.75) is 13.8 Å². The maximum absolute atomic E-state index is 12.7. The smallest absolute Gasteiger partial charge is 0.280 e. The number of hydrogen-bond acceptors (Lipinski definition) is 3. The van der Waals surface area contributed by atoms with Crippen molar-refractivity contribution in [3.63, 3.8) is 0 Å². The lowest BCUT2D eigenvalue weighted by Gasteiger charge is -2.02. The molecule has 0 aliphatic heterocycles. The molecule has 6 nitrogen and oxygen atoms in total. The maximum atomic E-state index is 12.7. The summed E-state index contributed by atoms with van der Waals surface area (Å²) in [4.78, 5) is 28.2. The van der Waals surface area contributed by atoms with Crippen molar-refractivity contribution in [2.75, 3.05) is 5.32 Å². The zero-order valence-electron chi connectivity index (χ0n) is 14.3. The molecule has 7 heteroatoms. The van der Waals surface area contributed by atoms with Crippen LogP contribution in [0.15, 0.2) is 58.3 Å². The van der Waals surface area contributed by atoms with E-state index in [9.17, 15) is 9.59 Å². The Morgan fingerprint density at radius 2 is 1.96 bits per heavy atom. The van der Waals surface area contributed by atoms with E-state index >= 15 is 0 Å². The van der Waals surface area contributed by atoms with Gasteiger partial charge in [0, 0.05) is 28.1 Å². The zero-order valence-corrected chi connectivity index (χ0v) is 16.4. The van der Waals surface area contributed by atoms with Crippen LogP contribution in [0.1, 0.15) is 18.2 Å². The summed E-state index contributed by atoms with van der Waals surface area (Å²) in [6, 6.07) is 14.8. The fraction of sp³-hybridized carbons (Fsp3) is 0.105. The number of aromatic amines is 1. The number of aliphatic imine (C=N–C) groups is 1. The van der Waals surface area contributed by atoms with Gasteiger partial charge in [-0.05, 0) is 72.0 Å². The molecular formula is C19H17IN4O2. The molecule has 0 spiro atoms. The van der Waals surface area contributed by atoms with E-state index in [0.717, 1.165) is 15.0 Å². The van der Waals surface area contributed by atoms with Gasteiger partial charge in [0.2, 0.25) is 5.91 Å². The number of hydrogen-bond donors (Lipinski definition) is 2. The molecule has 0 saturated carbocycles. The minimum atomic E-state index is -0.162. The lowest BCUT2D eigenvalue weighted by molar-refractivity contribution is -0.114. The highest BCUT2D eigenvalue weighted by Gasteiger charge is 2.10. The van der Waals surface area contributed by atoms with Crippen LogP contribution in [0.5, 0.6) is 0 Å². The molecular weight excluding hydrogens is 443 g/mol. The first-order valence-electron chi connectivity index (χ1n) is 7.93. The molecule has 0 unspecified atom stereocenters. The Kier molecular flexibility index (Phi) is 5.36. The fourth-order valence-corrected chi connectivity index (χ4v) is 2.85. The fourth-order valence-electron chi connectivity index (χ4n) is 2.49. The summed E-state index contributed by atoms with van der Waals surface area (Å²) in [5, 5.41) is 5.79. The summed E-state index contributed by atoms with van der Waals surface area (Å²) in [5.41, 5.74) is 3.14. The number of H-pyrrole nitrogens is 1. The van der Waals surface area contributed by atoms with E-state index in [0.29, 0.717) is 16.9 Å². The lowest BCUT2D eigenvalue weighted by atomic mass is 10.2. The Balaban J connectivity index is 1.91. The zero-order chi connectivity index (χ0) is 18.7. The molecule has 1 amide bonds. The number of nitrogens with one attached hydrogen (secondary N) is 2. The number of aryl methyl sites for hydroxylation is 1. The van der Waals surface area contributed by atoms with Crippen LogP contribution in [-0.4, -0.2) is 21.9 Å². The van der Waals surface area contributed by atoms with Crippen LogP contribution in [0.2, 0.25) is 0 Å². The average Bonchev–Trinajstić information content (AvgIpc) is 2.88. The van der Waals surface area contributed by atoms with E-state index in [1.807, 2.05) is 37.3 Å². The number of anilines is 1. The average molecular weight is 460 g/mol. The predicted octanol–water partition coefficient (Wildman–Crippen LogP) is 3.79. The van der Waals surface area contributed by atoms with Crippen LogP contribution < -0.4 is 10.9 Å². The minimum absolute atomic E-state index is 0.145. The SMILES string of the molecule is CC(=O)Nc1cccc(N=Cc2c(C)[nH]n(-c3ccc(I)cc3)c2=O)c1. The Bertz CT molecular complexity index is 1030. The van der Waals surface area contributed by atoms with Gasteiger partial charge in [0.1, 0.15) is 0 Å². The summed E-state index contributed by atoms with van der Waals surface area (Å²) >= 11 is 2.22. The van der Waals surface area contributed by atoms with E-state index in [1.165, 1.54) is 11.6 Å². The maximum Gasteiger partial charge on any atom is 0.280 e. The first kappa shape index (κ1) is 18.1.